The first-order chi connectivity index (χ1) is 15.7. The number of aromatic nitrogens is 5. The molecule has 4 aromatic rings. The molecular weight excluding hydrogens is 404 g/mol. The zero-order valence-corrected chi connectivity index (χ0v) is 17.6. The van der Waals surface area contributed by atoms with E-state index in [-0.39, 0.29) is 23.4 Å². The molecule has 162 valence electrons. The maximum atomic E-state index is 12.5. The van der Waals surface area contributed by atoms with Crippen molar-refractivity contribution in [3.05, 3.63) is 59.3 Å². The minimum atomic E-state index is -0.208. The first-order valence-corrected chi connectivity index (χ1v) is 11.1. The number of carbonyl (C=O) groups excluding carboxylic acids is 1. The standard InChI is InChI=1S/C24H24N6O2/c31-23(18-5-6-18)29-10-9-15(12-29)13-30-22(27-28-24(30)32)17-3-1-16(2-4-17)19-7-8-20-21(11-19)26-14-25-20/h1-4,7-8,11,14-15,18H,5-6,9-10,12-13H2,(H,25,26)(H,28,32)/t15-/m1/s1. The van der Waals surface area contributed by atoms with Crippen LogP contribution in [0.25, 0.3) is 33.5 Å². The van der Waals surface area contributed by atoms with Gasteiger partial charge in [-0.1, -0.05) is 30.3 Å². The molecule has 0 radical (unpaired) electrons. The van der Waals surface area contributed by atoms with Crippen LogP contribution in [0.1, 0.15) is 19.3 Å². The molecule has 1 aliphatic carbocycles. The van der Waals surface area contributed by atoms with Gasteiger partial charge in [-0.25, -0.2) is 14.9 Å². The van der Waals surface area contributed by atoms with Crippen molar-refractivity contribution in [2.45, 2.75) is 25.8 Å². The van der Waals surface area contributed by atoms with Crippen molar-refractivity contribution in [2.24, 2.45) is 11.8 Å². The SMILES string of the molecule is O=C(C1CC1)N1CC[C@@H](Cn2c(-c3ccc(-c4ccc5nc[nH]c5c4)cc3)n[nH]c2=O)C1. The molecule has 8 heteroatoms. The predicted molar refractivity (Wildman–Crippen MR) is 121 cm³/mol. The molecule has 0 unspecified atom stereocenters. The normalized spacial score (nSPS) is 18.5. The Hall–Kier alpha value is -3.68. The number of hydrogen-bond donors (Lipinski definition) is 2. The molecule has 32 heavy (non-hydrogen) atoms. The first kappa shape index (κ1) is 19.0. The Morgan fingerprint density at radius 2 is 1.81 bits per heavy atom. The average molecular weight is 428 g/mol. The molecule has 0 bridgehead atoms. The molecule has 2 aromatic carbocycles. The minimum Gasteiger partial charge on any atom is -0.345 e. The zero-order valence-electron chi connectivity index (χ0n) is 17.6. The van der Waals surface area contributed by atoms with E-state index in [1.54, 1.807) is 10.9 Å². The van der Waals surface area contributed by atoms with E-state index in [4.69, 9.17) is 0 Å². The van der Waals surface area contributed by atoms with Gasteiger partial charge < -0.3 is 9.88 Å². The summed E-state index contributed by atoms with van der Waals surface area (Å²) < 4.78 is 1.71. The molecule has 2 aliphatic rings. The highest BCUT2D eigenvalue weighted by molar-refractivity contribution is 5.82. The third-order valence-electron chi connectivity index (χ3n) is 6.62. The second kappa shape index (κ2) is 7.47. The van der Waals surface area contributed by atoms with Gasteiger partial charge in [0.2, 0.25) is 5.91 Å². The lowest BCUT2D eigenvalue weighted by molar-refractivity contribution is -0.131. The molecule has 2 aromatic heterocycles. The fraction of sp³-hybridized carbons (Fsp3) is 0.333. The molecule has 1 atom stereocenters. The molecule has 8 nitrogen and oxygen atoms in total. The summed E-state index contributed by atoms with van der Waals surface area (Å²) in [5.41, 5.74) is 4.80. The van der Waals surface area contributed by atoms with E-state index in [1.165, 1.54) is 0 Å². The summed E-state index contributed by atoms with van der Waals surface area (Å²) in [6.07, 6.45) is 4.67. The van der Waals surface area contributed by atoms with Gasteiger partial charge in [-0.2, -0.15) is 5.10 Å². The van der Waals surface area contributed by atoms with Gasteiger partial charge in [0.25, 0.3) is 0 Å². The van der Waals surface area contributed by atoms with Crippen LogP contribution in [0.15, 0.2) is 53.6 Å². The Labute approximate surface area is 184 Å². The maximum absolute atomic E-state index is 12.5. The van der Waals surface area contributed by atoms with Crippen LogP contribution in [0.2, 0.25) is 0 Å². The monoisotopic (exact) mass is 428 g/mol. The molecule has 1 saturated carbocycles. The molecule has 1 aliphatic heterocycles. The van der Waals surface area contributed by atoms with Crippen molar-refractivity contribution >= 4 is 16.9 Å². The van der Waals surface area contributed by atoms with E-state index in [9.17, 15) is 9.59 Å². The molecule has 0 spiro atoms. The fourth-order valence-electron chi connectivity index (χ4n) is 4.66. The summed E-state index contributed by atoms with van der Waals surface area (Å²) in [6, 6.07) is 14.2. The summed E-state index contributed by atoms with van der Waals surface area (Å²) in [5.74, 6) is 1.44. The van der Waals surface area contributed by atoms with E-state index in [2.05, 4.69) is 32.3 Å². The Bertz CT molecular complexity index is 1340. The number of imidazole rings is 1. The van der Waals surface area contributed by atoms with Crippen LogP contribution in [0, 0.1) is 11.8 Å². The van der Waals surface area contributed by atoms with Gasteiger partial charge in [0.1, 0.15) is 0 Å². The van der Waals surface area contributed by atoms with Crippen LogP contribution >= 0.6 is 0 Å². The van der Waals surface area contributed by atoms with Gasteiger partial charge in [-0.15, -0.1) is 0 Å². The van der Waals surface area contributed by atoms with E-state index < -0.39 is 0 Å². The summed E-state index contributed by atoms with van der Waals surface area (Å²) in [7, 11) is 0. The Balaban J connectivity index is 1.22. The largest absolute Gasteiger partial charge is 0.345 e. The zero-order chi connectivity index (χ0) is 21.7. The predicted octanol–water partition coefficient (Wildman–Crippen LogP) is 3.04. The number of hydrogen-bond acceptors (Lipinski definition) is 4. The van der Waals surface area contributed by atoms with Crippen molar-refractivity contribution < 1.29 is 4.79 Å². The number of nitrogens with zero attached hydrogens (tertiary/aromatic N) is 4. The van der Waals surface area contributed by atoms with Crippen LogP contribution < -0.4 is 5.69 Å². The topological polar surface area (TPSA) is 99.7 Å². The number of aromatic amines is 2. The Morgan fingerprint density at radius 1 is 1.03 bits per heavy atom. The van der Waals surface area contributed by atoms with Crippen LogP contribution in [-0.2, 0) is 11.3 Å². The molecule has 2 fully saturated rings. The number of carbonyl (C=O) groups is 1. The van der Waals surface area contributed by atoms with E-state index in [1.807, 2.05) is 35.2 Å². The van der Waals surface area contributed by atoms with Crippen molar-refractivity contribution in [1.82, 2.24) is 29.6 Å². The number of benzene rings is 2. The van der Waals surface area contributed by atoms with Gasteiger partial charge in [0.05, 0.1) is 17.4 Å². The number of H-pyrrole nitrogens is 2. The lowest BCUT2D eigenvalue weighted by Gasteiger charge is -2.16. The smallest absolute Gasteiger partial charge is 0.343 e. The third kappa shape index (κ3) is 3.41. The van der Waals surface area contributed by atoms with Crippen molar-refractivity contribution in [2.75, 3.05) is 13.1 Å². The van der Waals surface area contributed by atoms with Gasteiger partial charge in [0, 0.05) is 31.1 Å². The van der Waals surface area contributed by atoms with Gasteiger partial charge in [0.15, 0.2) is 5.82 Å². The minimum absolute atomic E-state index is 0.208. The van der Waals surface area contributed by atoms with Crippen LogP contribution in [0.5, 0.6) is 0 Å². The molecule has 1 amide bonds. The fourth-order valence-corrected chi connectivity index (χ4v) is 4.66. The van der Waals surface area contributed by atoms with Crippen molar-refractivity contribution in [1.29, 1.82) is 0 Å². The van der Waals surface area contributed by atoms with Gasteiger partial charge in [-0.3, -0.25) is 9.36 Å². The number of likely N-dealkylation sites (tertiary alicyclic amines) is 1. The maximum Gasteiger partial charge on any atom is 0.343 e. The highest BCUT2D eigenvalue weighted by Gasteiger charge is 2.36. The summed E-state index contributed by atoms with van der Waals surface area (Å²) in [4.78, 5) is 34.2. The van der Waals surface area contributed by atoms with E-state index in [0.29, 0.717) is 12.4 Å². The summed E-state index contributed by atoms with van der Waals surface area (Å²) in [5, 5.41) is 6.89. The molecule has 2 N–H and O–H groups in total. The molecular formula is C24H24N6O2. The van der Waals surface area contributed by atoms with E-state index >= 15 is 0 Å². The highest BCUT2D eigenvalue weighted by atomic mass is 16.2. The number of rotatable bonds is 5. The second-order valence-electron chi connectivity index (χ2n) is 8.89. The lowest BCUT2D eigenvalue weighted by atomic mass is 10.0. The van der Waals surface area contributed by atoms with Crippen molar-refractivity contribution in [3.8, 4) is 22.5 Å². The quantitative estimate of drug-likeness (QED) is 0.510. The average Bonchev–Trinajstić information content (AvgIpc) is 3.21. The first-order valence-electron chi connectivity index (χ1n) is 11.1. The summed E-state index contributed by atoms with van der Waals surface area (Å²) >= 11 is 0. The van der Waals surface area contributed by atoms with Gasteiger partial charge >= 0.3 is 5.69 Å². The van der Waals surface area contributed by atoms with Crippen LogP contribution in [-0.4, -0.2) is 48.6 Å². The Morgan fingerprint density at radius 3 is 2.62 bits per heavy atom. The molecule has 3 heterocycles. The van der Waals surface area contributed by atoms with Gasteiger partial charge in [-0.05, 0) is 48.4 Å². The number of fused-ring (bicyclic) bond motifs is 1. The van der Waals surface area contributed by atoms with Crippen LogP contribution in [0.3, 0.4) is 0 Å². The lowest BCUT2D eigenvalue weighted by Crippen LogP contribution is -2.31. The highest BCUT2D eigenvalue weighted by Crippen LogP contribution is 2.33. The van der Waals surface area contributed by atoms with Crippen LogP contribution in [0.4, 0.5) is 0 Å². The van der Waals surface area contributed by atoms with Crippen molar-refractivity contribution in [3.63, 3.8) is 0 Å². The second-order valence-corrected chi connectivity index (χ2v) is 8.89. The third-order valence-corrected chi connectivity index (χ3v) is 6.62. The number of amides is 1. The molecule has 1 saturated heterocycles. The Kier molecular flexibility index (Phi) is 4.45. The molecule has 6 rings (SSSR count). The number of nitrogens with one attached hydrogen (secondary N) is 2. The summed E-state index contributed by atoms with van der Waals surface area (Å²) in [6.45, 7) is 2.08. The van der Waals surface area contributed by atoms with E-state index in [0.717, 1.165) is 60.1 Å².